The van der Waals surface area contributed by atoms with Crippen LogP contribution >= 0.6 is 0 Å². The van der Waals surface area contributed by atoms with E-state index >= 15 is 0 Å². The predicted octanol–water partition coefficient (Wildman–Crippen LogP) is 1.65. The van der Waals surface area contributed by atoms with Crippen LogP contribution in [0.2, 0.25) is 0 Å². The summed E-state index contributed by atoms with van der Waals surface area (Å²) in [6.07, 6.45) is 5.54. The maximum absolute atomic E-state index is 12.1. The van der Waals surface area contributed by atoms with E-state index in [-0.39, 0.29) is 11.8 Å². The van der Waals surface area contributed by atoms with E-state index in [2.05, 4.69) is 5.32 Å². The first kappa shape index (κ1) is 16.0. The van der Waals surface area contributed by atoms with Crippen LogP contribution in [0.5, 0.6) is 0 Å². The number of hydrogen-bond acceptors (Lipinski definition) is 3. The average Bonchev–Trinajstić information content (AvgIpc) is 2.63. The smallest absolute Gasteiger partial charge is 0.329 e. The lowest BCUT2D eigenvalue weighted by Gasteiger charge is -2.31. The summed E-state index contributed by atoms with van der Waals surface area (Å²) < 4.78 is 0. The van der Waals surface area contributed by atoms with E-state index < -0.39 is 17.6 Å². The average molecular weight is 270 g/mol. The highest BCUT2D eigenvalue weighted by Gasteiger charge is 2.41. The van der Waals surface area contributed by atoms with Crippen LogP contribution < -0.4 is 11.1 Å². The Hall–Kier alpha value is -1.10. The molecule has 110 valence electrons. The van der Waals surface area contributed by atoms with E-state index in [0.717, 1.165) is 32.1 Å². The second-order valence-corrected chi connectivity index (χ2v) is 5.70. The Balaban J connectivity index is 2.78. The molecule has 5 nitrogen and oxygen atoms in total. The number of rotatable bonds is 5. The van der Waals surface area contributed by atoms with Gasteiger partial charge in [0.2, 0.25) is 5.91 Å². The van der Waals surface area contributed by atoms with Gasteiger partial charge in [0.05, 0.1) is 6.04 Å². The molecule has 0 aromatic heterocycles. The Morgan fingerprint density at radius 1 is 1.26 bits per heavy atom. The van der Waals surface area contributed by atoms with Gasteiger partial charge < -0.3 is 16.2 Å². The van der Waals surface area contributed by atoms with Crippen LogP contribution in [0.25, 0.3) is 0 Å². The first-order valence-electron chi connectivity index (χ1n) is 7.24. The molecule has 1 aliphatic carbocycles. The van der Waals surface area contributed by atoms with E-state index in [4.69, 9.17) is 5.73 Å². The Morgan fingerprint density at radius 3 is 2.21 bits per heavy atom. The fourth-order valence-corrected chi connectivity index (χ4v) is 2.56. The molecule has 2 atom stereocenters. The van der Waals surface area contributed by atoms with Gasteiger partial charge in [0.15, 0.2) is 0 Å². The van der Waals surface area contributed by atoms with E-state index in [0.29, 0.717) is 12.8 Å². The fraction of sp³-hybridized carbons (Fsp3) is 0.857. The quantitative estimate of drug-likeness (QED) is 0.662. The minimum atomic E-state index is -1.11. The van der Waals surface area contributed by atoms with E-state index in [1.165, 1.54) is 0 Å². The number of aliphatic carboxylic acids is 1. The van der Waals surface area contributed by atoms with Gasteiger partial charge in [-0.05, 0) is 18.8 Å². The van der Waals surface area contributed by atoms with Gasteiger partial charge in [-0.1, -0.05) is 46.0 Å². The van der Waals surface area contributed by atoms with Crippen molar-refractivity contribution in [3.8, 4) is 0 Å². The minimum Gasteiger partial charge on any atom is -0.480 e. The summed E-state index contributed by atoms with van der Waals surface area (Å²) >= 11 is 0. The zero-order chi connectivity index (χ0) is 14.5. The molecule has 0 aliphatic heterocycles. The summed E-state index contributed by atoms with van der Waals surface area (Å²) in [7, 11) is 0. The van der Waals surface area contributed by atoms with Gasteiger partial charge >= 0.3 is 5.97 Å². The molecule has 1 fully saturated rings. The van der Waals surface area contributed by atoms with Crippen LogP contribution in [0.4, 0.5) is 0 Å². The molecule has 5 heteroatoms. The summed E-state index contributed by atoms with van der Waals surface area (Å²) in [5.74, 6) is -1.21. The molecule has 0 aromatic carbocycles. The summed E-state index contributed by atoms with van der Waals surface area (Å²) in [6, 6.07) is -0.635. The van der Waals surface area contributed by atoms with Crippen molar-refractivity contribution in [3.05, 3.63) is 0 Å². The Bertz CT molecular complexity index is 323. The van der Waals surface area contributed by atoms with Crippen molar-refractivity contribution >= 4 is 11.9 Å². The Labute approximate surface area is 114 Å². The molecule has 0 bridgehead atoms. The molecular weight excluding hydrogens is 244 g/mol. The van der Waals surface area contributed by atoms with Crippen molar-refractivity contribution < 1.29 is 14.7 Å². The number of nitrogens with two attached hydrogens (primary N) is 1. The third-order valence-corrected chi connectivity index (χ3v) is 4.29. The zero-order valence-corrected chi connectivity index (χ0v) is 11.9. The van der Waals surface area contributed by atoms with Crippen LogP contribution in [0.15, 0.2) is 0 Å². The number of amides is 1. The maximum atomic E-state index is 12.1. The van der Waals surface area contributed by atoms with Gasteiger partial charge in [0.25, 0.3) is 0 Å². The second-order valence-electron chi connectivity index (χ2n) is 5.70. The van der Waals surface area contributed by atoms with Crippen molar-refractivity contribution in [3.63, 3.8) is 0 Å². The SMILES string of the molecule is CCC(C)[C@H](N)C(=O)NC1(C(=O)O)CCCCCC1. The molecule has 1 amide bonds. The number of nitrogens with one attached hydrogen (secondary N) is 1. The standard InChI is InChI=1S/C14H26N2O3/c1-3-10(2)11(15)12(17)16-14(13(18)19)8-6-4-5-7-9-14/h10-11H,3-9,15H2,1-2H3,(H,16,17)(H,18,19)/t10?,11-/m0/s1. The minimum absolute atomic E-state index is 0.0524. The number of carbonyl (C=O) groups excluding carboxylic acids is 1. The number of carboxylic acid groups (broad SMARTS) is 1. The largest absolute Gasteiger partial charge is 0.480 e. The zero-order valence-electron chi connectivity index (χ0n) is 11.9. The maximum Gasteiger partial charge on any atom is 0.329 e. The van der Waals surface area contributed by atoms with Crippen molar-refractivity contribution in [1.29, 1.82) is 0 Å². The normalized spacial score (nSPS) is 22.1. The molecular formula is C14H26N2O3. The monoisotopic (exact) mass is 270 g/mol. The van der Waals surface area contributed by atoms with Gasteiger partial charge in [-0.2, -0.15) is 0 Å². The van der Waals surface area contributed by atoms with Crippen LogP contribution in [-0.2, 0) is 9.59 Å². The fourth-order valence-electron chi connectivity index (χ4n) is 2.56. The highest BCUT2D eigenvalue weighted by Crippen LogP contribution is 2.27. The van der Waals surface area contributed by atoms with Gasteiger partial charge in [-0.15, -0.1) is 0 Å². The van der Waals surface area contributed by atoms with Crippen LogP contribution in [0.3, 0.4) is 0 Å². The predicted molar refractivity (Wildman–Crippen MR) is 73.6 cm³/mol. The molecule has 1 rings (SSSR count). The van der Waals surface area contributed by atoms with Gasteiger partial charge in [-0.3, -0.25) is 4.79 Å². The van der Waals surface area contributed by atoms with Crippen molar-refractivity contribution in [2.24, 2.45) is 11.7 Å². The highest BCUT2D eigenvalue weighted by atomic mass is 16.4. The highest BCUT2D eigenvalue weighted by molar-refractivity contribution is 5.89. The molecule has 0 aromatic rings. The third kappa shape index (κ3) is 3.93. The van der Waals surface area contributed by atoms with Crippen molar-refractivity contribution in [1.82, 2.24) is 5.32 Å². The number of carbonyl (C=O) groups is 2. The van der Waals surface area contributed by atoms with Crippen LogP contribution in [0, 0.1) is 5.92 Å². The molecule has 1 saturated carbocycles. The molecule has 0 saturated heterocycles. The number of carboxylic acids is 1. The van der Waals surface area contributed by atoms with Gasteiger partial charge in [-0.25, -0.2) is 4.79 Å². The molecule has 0 spiro atoms. The molecule has 1 unspecified atom stereocenters. The molecule has 0 heterocycles. The van der Waals surface area contributed by atoms with E-state index in [1.54, 1.807) is 0 Å². The lowest BCUT2D eigenvalue weighted by Crippen LogP contribution is -2.59. The summed E-state index contributed by atoms with van der Waals surface area (Å²) in [5, 5.41) is 12.2. The van der Waals surface area contributed by atoms with Gasteiger partial charge in [0.1, 0.15) is 5.54 Å². The summed E-state index contributed by atoms with van der Waals surface area (Å²) in [5.41, 5.74) is 4.77. The topological polar surface area (TPSA) is 92.4 Å². The molecule has 19 heavy (non-hydrogen) atoms. The Kier molecular flexibility index (Phi) is 5.79. The van der Waals surface area contributed by atoms with Crippen LogP contribution in [0.1, 0.15) is 58.8 Å². The summed E-state index contributed by atoms with van der Waals surface area (Å²) in [6.45, 7) is 3.88. The number of hydrogen-bond donors (Lipinski definition) is 3. The van der Waals surface area contributed by atoms with Crippen molar-refractivity contribution in [2.75, 3.05) is 0 Å². The lowest BCUT2D eigenvalue weighted by atomic mass is 9.89. The summed E-state index contributed by atoms with van der Waals surface area (Å²) in [4.78, 5) is 23.7. The van der Waals surface area contributed by atoms with Crippen molar-refractivity contribution in [2.45, 2.75) is 70.4 Å². The molecule has 0 radical (unpaired) electrons. The van der Waals surface area contributed by atoms with E-state index in [1.807, 2.05) is 13.8 Å². The second kappa shape index (κ2) is 6.89. The third-order valence-electron chi connectivity index (χ3n) is 4.29. The Morgan fingerprint density at radius 2 is 1.79 bits per heavy atom. The molecule has 4 N–H and O–H groups in total. The lowest BCUT2D eigenvalue weighted by molar-refractivity contribution is -0.148. The van der Waals surface area contributed by atoms with Gasteiger partial charge in [0, 0.05) is 0 Å². The van der Waals surface area contributed by atoms with Crippen LogP contribution in [-0.4, -0.2) is 28.6 Å². The first-order valence-corrected chi connectivity index (χ1v) is 7.24. The van der Waals surface area contributed by atoms with E-state index in [9.17, 15) is 14.7 Å². The first-order chi connectivity index (χ1) is 8.93. The molecule has 1 aliphatic rings.